The lowest BCUT2D eigenvalue weighted by Gasteiger charge is -2.26. The number of likely N-dealkylation sites (N-methyl/N-ethyl adjacent to an activating group) is 1. The molecule has 1 heterocycles. The van der Waals surface area contributed by atoms with Crippen molar-refractivity contribution in [3.05, 3.63) is 35.9 Å². The van der Waals surface area contributed by atoms with E-state index >= 15 is 0 Å². The maximum atomic E-state index is 13.0. The van der Waals surface area contributed by atoms with Crippen molar-refractivity contribution in [1.29, 1.82) is 0 Å². The van der Waals surface area contributed by atoms with Gasteiger partial charge in [-0.25, -0.2) is 0 Å². The minimum atomic E-state index is -1.53. The maximum Gasteiger partial charge on any atom is 0.451 e. The van der Waals surface area contributed by atoms with Crippen LogP contribution < -0.4 is 11.1 Å². The molecule has 1 saturated heterocycles. The van der Waals surface area contributed by atoms with Crippen molar-refractivity contribution in [3.63, 3.8) is 0 Å². The molecule has 2 rings (SSSR count). The van der Waals surface area contributed by atoms with Gasteiger partial charge in [0.1, 0.15) is 5.54 Å². The van der Waals surface area contributed by atoms with Gasteiger partial charge in [-0.2, -0.15) is 0 Å². The molecule has 1 unspecified atom stereocenters. The van der Waals surface area contributed by atoms with E-state index in [1.54, 1.807) is 7.05 Å². The van der Waals surface area contributed by atoms with Gasteiger partial charge >= 0.3 is 13.1 Å². The van der Waals surface area contributed by atoms with Crippen LogP contribution in [0.3, 0.4) is 0 Å². The molecule has 1 aliphatic heterocycles. The first-order chi connectivity index (χ1) is 12.8. The van der Waals surface area contributed by atoms with Crippen molar-refractivity contribution in [2.45, 2.75) is 37.2 Å². The number of amides is 1. The second-order valence-electron chi connectivity index (χ2n) is 7.20. The summed E-state index contributed by atoms with van der Waals surface area (Å²) >= 11 is 0. The van der Waals surface area contributed by atoms with Crippen LogP contribution in [0.15, 0.2) is 30.3 Å². The van der Waals surface area contributed by atoms with Gasteiger partial charge in [-0.15, -0.1) is 0 Å². The summed E-state index contributed by atoms with van der Waals surface area (Å²) in [5.41, 5.74) is 5.63. The third kappa shape index (κ3) is 5.29. The fourth-order valence-electron chi connectivity index (χ4n) is 3.63. The van der Waals surface area contributed by atoms with E-state index in [0.29, 0.717) is 19.3 Å². The molecule has 9 heteroatoms. The lowest BCUT2D eigenvalue weighted by molar-refractivity contribution is -0.144. The molecule has 0 bridgehead atoms. The number of benzene rings is 1. The van der Waals surface area contributed by atoms with Gasteiger partial charge < -0.3 is 31.1 Å². The predicted octanol–water partition coefficient (Wildman–Crippen LogP) is -0.689. The highest BCUT2D eigenvalue weighted by Crippen LogP contribution is 2.31. The number of nitrogens with two attached hydrogens (primary N) is 1. The molecule has 1 aromatic carbocycles. The predicted molar refractivity (Wildman–Crippen MR) is 102 cm³/mol. The fourth-order valence-corrected chi connectivity index (χ4v) is 3.63. The maximum absolute atomic E-state index is 13.0. The third-order valence-corrected chi connectivity index (χ3v) is 5.28. The van der Waals surface area contributed by atoms with Crippen molar-refractivity contribution in [3.8, 4) is 0 Å². The number of nitrogens with zero attached hydrogens (tertiary/aromatic N) is 1. The molecule has 0 spiro atoms. The van der Waals surface area contributed by atoms with Gasteiger partial charge in [-0.1, -0.05) is 36.8 Å². The summed E-state index contributed by atoms with van der Waals surface area (Å²) < 4.78 is 0. The number of carbonyl (C=O) groups excluding carboxylic acids is 1. The Labute approximate surface area is 159 Å². The van der Waals surface area contributed by atoms with E-state index in [0.717, 1.165) is 5.56 Å². The number of nitrogens with one attached hydrogen (secondary N) is 1. The van der Waals surface area contributed by atoms with Gasteiger partial charge in [0.05, 0.1) is 6.04 Å². The Balaban J connectivity index is 2.07. The SMILES string of the molecule is CNC(Cc1ccccc1)C(=O)N1C[C@H](CCCB(O)O)[C@@](N)(C(=O)O)C1. The van der Waals surface area contributed by atoms with Crippen LogP contribution in [-0.2, 0) is 16.0 Å². The van der Waals surface area contributed by atoms with Crippen LogP contribution in [0.5, 0.6) is 0 Å². The Morgan fingerprint density at radius 2 is 2.04 bits per heavy atom. The Hall–Kier alpha value is -1.94. The minimum absolute atomic E-state index is 0.0551. The molecule has 0 radical (unpaired) electrons. The second-order valence-corrected chi connectivity index (χ2v) is 7.20. The summed E-state index contributed by atoms with van der Waals surface area (Å²) in [5.74, 6) is -1.76. The highest BCUT2D eigenvalue weighted by molar-refractivity contribution is 6.40. The highest BCUT2D eigenvalue weighted by Gasteiger charge is 2.51. The Bertz CT molecular complexity index is 645. The van der Waals surface area contributed by atoms with Crippen LogP contribution in [0.25, 0.3) is 0 Å². The zero-order chi connectivity index (χ0) is 20.0. The molecule has 1 aromatic rings. The highest BCUT2D eigenvalue weighted by atomic mass is 16.4. The van der Waals surface area contributed by atoms with Crippen LogP contribution in [0.1, 0.15) is 18.4 Å². The summed E-state index contributed by atoms with van der Waals surface area (Å²) in [5, 5.41) is 30.6. The number of carbonyl (C=O) groups is 2. The van der Waals surface area contributed by atoms with Gasteiger partial charge in [-0.05, 0) is 31.8 Å². The molecule has 6 N–H and O–H groups in total. The molecule has 1 aliphatic rings. The van der Waals surface area contributed by atoms with E-state index < -0.39 is 30.6 Å². The lowest BCUT2D eigenvalue weighted by Crippen LogP contribution is -2.55. The van der Waals surface area contributed by atoms with E-state index in [9.17, 15) is 14.7 Å². The standard InChI is InChI=1S/C18H28BN3O5/c1-21-15(10-13-6-3-2-4-7-13)16(23)22-11-14(8-5-9-19(26)27)18(20,12-22)17(24)25/h2-4,6-7,14-15,21,26-27H,5,8-12,20H2,1H3,(H,24,25)/t14-,15?,18+/m0/s1. The summed E-state index contributed by atoms with van der Waals surface area (Å²) in [6, 6.07) is 9.13. The zero-order valence-corrected chi connectivity index (χ0v) is 15.5. The second kappa shape index (κ2) is 9.32. The van der Waals surface area contributed by atoms with Crippen LogP contribution in [0, 0.1) is 5.92 Å². The van der Waals surface area contributed by atoms with Crippen molar-refractivity contribution >= 4 is 19.0 Å². The van der Waals surface area contributed by atoms with E-state index in [1.165, 1.54) is 4.90 Å². The van der Waals surface area contributed by atoms with Crippen molar-refractivity contribution in [2.75, 3.05) is 20.1 Å². The Morgan fingerprint density at radius 3 is 2.59 bits per heavy atom. The average Bonchev–Trinajstić information content (AvgIpc) is 2.98. The van der Waals surface area contributed by atoms with Gasteiger partial charge in [0, 0.05) is 19.0 Å². The largest absolute Gasteiger partial charge is 0.480 e. The van der Waals surface area contributed by atoms with Crippen LogP contribution in [0.2, 0.25) is 6.32 Å². The number of hydrogen-bond acceptors (Lipinski definition) is 6. The van der Waals surface area contributed by atoms with E-state index in [1.807, 2.05) is 30.3 Å². The van der Waals surface area contributed by atoms with E-state index in [-0.39, 0.29) is 25.3 Å². The van der Waals surface area contributed by atoms with E-state index in [4.69, 9.17) is 15.8 Å². The molecule has 0 aliphatic carbocycles. The van der Waals surface area contributed by atoms with Crippen molar-refractivity contribution < 1.29 is 24.7 Å². The Kier molecular flexibility index (Phi) is 7.37. The zero-order valence-electron chi connectivity index (χ0n) is 15.5. The molecular weight excluding hydrogens is 349 g/mol. The molecule has 8 nitrogen and oxygen atoms in total. The molecule has 0 aromatic heterocycles. The quantitative estimate of drug-likeness (QED) is 0.360. The van der Waals surface area contributed by atoms with Gasteiger partial charge in [0.15, 0.2) is 0 Å². The van der Waals surface area contributed by atoms with Gasteiger partial charge in [0.25, 0.3) is 0 Å². The van der Waals surface area contributed by atoms with E-state index in [2.05, 4.69) is 5.32 Å². The molecule has 1 fully saturated rings. The minimum Gasteiger partial charge on any atom is -0.480 e. The molecular formula is C18H28BN3O5. The van der Waals surface area contributed by atoms with Crippen molar-refractivity contribution in [1.82, 2.24) is 10.2 Å². The normalized spacial score (nSPS) is 23.3. The number of hydrogen-bond donors (Lipinski definition) is 5. The molecule has 3 atom stereocenters. The summed E-state index contributed by atoms with van der Waals surface area (Å²) in [4.78, 5) is 26.2. The topological polar surface area (TPSA) is 136 Å². The number of carboxylic acid groups (broad SMARTS) is 1. The van der Waals surface area contributed by atoms with Gasteiger partial charge in [-0.3, -0.25) is 9.59 Å². The number of likely N-dealkylation sites (tertiary alicyclic amines) is 1. The van der Waals surface area contributed by atoms with Crippen LogP contribution in [-0.4, -0.2) is 70.8 Å². The van der Waals surface area contributed by atoms with Gasteiger partial charge in [0.2, 0.25) is 5.91 Å². The third-order valence-electron chi connectivity index (χ3n) is 5.28. The fraction of sp³-hybridized carbons (Fsp3) is 0.556. The Morgan fingerprint density at radius 1 is 1.37 bits per heavy atom. The number of carboxylic acids is 1. The molecule has 148 valence electrons. The summed E-state index contributed by atoms with van der Waals surface area (Å²) in [6.07, 6.45) is 1.48. The summed E-state index contributed by atoms with van der Waals surface area (Å²) in [6.45, 7) is 0.191. The monoisotopic (exact) mass is 377 g/mol. The van der Waals surface area contributed by atoms with Crippen LogP contribution in [0.4, 0.5) is 0 Å². The lowest BCUT2D eigenvalue weighted by atomic mass is 9.78. The van der Waals surface area contributed by atoms with Crippen LogP contribution >= 0.6 is 0 Å². The first-order valence-electron chi connectivity index (χ1n) is 9.16. The smallest absolute Gasteiger partial charge is 0.451 e. The molecule has 27 heavy (non-hydrogen) atoms. The average molecular weight is 377 g/mol. The summed E-state index contributed by atoms with van der Waals surface area (Å²) in [7, 11) is 0.273. The van der Waals surface area contributed by atoms with Crippen molar-refractivity contribution in [2.24, 2.45) is 11.7 Å². The first-order valence-corrected chi connectivity index (χ1v) is 9.16. The number of rotatable bonds is 9. The first kappa shape index (κ1) is 21.4. The molecule has 0 saturated carbocycles. The molecule has 1 amide bonds. The number of aliphatic carboxylic acids is 1.